The van der Waals surface area contributed by atoms with Gasteiger partial charge in [-0.1, -0.05) is 15.9 Å². The molecule has 0 saturated heterocycles. The molecule has 19 heavy (non-hydrogen) atoms. The van der Waals surface area contributed by atoms with Crippen LogP contribution in [0.25, 0.3) is 0 Å². The average Bonchev–Trinajstić information content (AvgIpc) is 2.56. The lowest BCUT2D eigenvalue weighted by Crippen LogP contribution is -2.06. The van der Waals surface area contributed by atoms with Crippen LogP contribution in [0.5, 0.6) is 0 Å². The van der Waals surface area contributed by atoms with Crippen molar-refractivity contribution in [3.05, 3.63) is 45.7 Å². The van der Waals surface area contributed by atoms with Crippen molar-refractivity contribution in [2.24, 2.45) is 7.05 Å². The Hall–Kier alpha value is -1.14. The van der Waals surface area contributed by atoms with E-state index in [0.29, 0.717) is 4.90 Å². The van der Waals surface area contributed by atoms with Crippen LogP contribution < -0.4 is 0 Å². The molecular formula is C13H15BrN2O2S. The lowest BCUT2D eigenvalue weighted by atomic mass is 10.2. The second kappa shape index (κ2) is 5.09. The fourth-order valence-electron chi connectivity index (χ4n) is 1.94. The largest absolute Gasteiger partial charge is 0.272 e. The van der Waals surface area contributed by atoms with Crippen molar-refractivity contribution in [3.63, 3.8) is 0 Å². The molecule has 0 unspecified atom stereocenters. The van der Waals surface area contributed by atoms with Crippen molar-refractivity contribution in [3.8, 4) is 0 Å². The number of benzene rings is 1. The lowest BCUT2D eigenvalue weighted by molar-refractivity contribution is 0.595. The number of rotatable bonds is 3. The molecule has 0 bridgehead atoms. The highest BCUT2D eigenvalue weighted by molar-refractivity contribution is 9.10. The quantitative estimate of drug-likeness (QED) is 0.861. The molecule has 2 aromatic rings. The number of sulfone groups is 1. The van der Waals surface area contributed by atoms with Gasteiger partial charge in [-0.3, -0.25) is 4.68 Å². The first kappa shape index (κ1) is 14.3. The summed E-state index contributed by atoms with van der Waals surface area (Å²) in [5, 5.41) is 4.25. The molecule has 102 valence electrons. The Morgan fingerprint density at radius 2 is 1.79 bits per heavy atom. The third-order valence-corrected chi connectivity index (χ3v) is 5.35. The highest BCUT2D eigenvalue weighted by Gasteiger charge is 2.20. The van der Waals surface area contributed by atoms with E-state index in [-0.39, 0.29) is 5.75 Å². The minimum Gasteiger partial charge on any atom is -0.272 e. The molecule has 6 heteroatoms. The topological polar surface area (TPSA) is 52.0 Å². The third-order valence-electron chi connectivity index (χ3n) is 3.17. The van der Waals surface area contributed by atoms with Crippen molar-refractivity contribution in [1.82, 2.24) is 9.78 Å². The summed E-state index contributed by atoms with van der Waals surface area (Å²) in [5.74, 6) is -0.0138. The standard InChI is InChI=1S/C13H15BrN2O2S/c1-9-13(10(2)16(3)15-9)8-19(17,18)12-6-4-11(14)5-7-12/h4-7H,8H2,1-3H3. The zero-order valence-corrected chi connectivity index (χ0v) is 13.4. The zero-order valence-electron chi connectivity index (χ0n) is 11.0. The molecule has 0 fully saturated rings. The van der Waals surface area contributed by atoms with Gasteiger partial charge in [-0.2, -0.15) is 5.10 Å². The van der Waals surface area contributed by atoms with Gasteiger partial charge in [0.05, 0.1) is 16.3 Å². The van der Waals surface area contributed by atoms with E-state index in [1.165, 1.54) is 0 Å². The molecule has 0 radical (unpaired) electrons. The summed E-state index contributed by atoms with van der Waals surface area (Å²) in [6.07, 6.45) is 0. The van der Waals surface area contributed by atoms with Gasteiger partial charge < -0.3 is 0 Å². The van der Waals surface area contributed by atoms with Crippen LogP contribution in [0.3, 0.4) is 0 Å². The van der Waals surface area contributed by atoms with E-state index >= 15 is 0 Å². The van der Waals surface area contributed by atoms with Gasteiger partial charge in [0.15, 0.2) is 9.84 Å². The van der Waals surface area contributed by atoms with Gasteiger partial charge in [0.1, 0.15) is 0 Å². The summed E-state index contributed by atoms with van der Waals surface area (Å²) in [5.41, 5.74) is 2.43. The Labute approximate surface area is 121 Å². The summed E-state index contributed by atoms with van der Waals surface area (Å²) in [6, 6.07) is 6.69. The SMILES string of the molecule is Cc1nn(C)c(C)c1CS(=O)(=O)c1ccc(Br)cc1. The summed E-state index contributed by atoms with van der Waals surface area (Å²) in [7, 11) is -1.52. The van der Waals surface area contributed by atoms with Gasteiger partial charge >= 0.3 is 0 Å². The maximum absolute atomic E-state index is 12.4. The molecule has 0 amide bonds. The van der Waals surface area contributed by atoms with Crippen LogP contribution in [0.15, 0.2) is 33.6 Å². The van der Waals surface area contributed by atoms with E-state index in [1.807, 2.05) is 20.9 Å². The minimum absolute atomic E-state index is 0.0138. The van der Waals surface area contributed by atoms with Crippen LogP contribution in [0, 0.1) is 13.8 Å². The molecule has 0 aliphatic carbocycles. The monoisotopic (exact) mass is 342 g/mol. The Kier molecular flexibility index (Phi) is 3.82. The molecule has 1 aromatic heterocycles. The number of nitrogens with zero attached hydrogens (tertiary/aromatic N) is 2. The molecule has 0 aliphatic rings. The average molecular weight is 343 g/mol. The van der Waals surface area contributed by atoms with Crippen LogP contribution >= 0.6 is 15.9 Å². The first-order valence-corrected chi connectivity index (χ1v) is 8.23. The van der Waals surface area contributed by atoms with Gasteiger partial charge in [-0.25, -0.2) is 8.42 Å². The number of hydrogen-bond donors (Lipinski definition) is 0. The Bertz CT molecular complexity index is 703. The van der Waals surface area contributed by atoms with Crippen molar-refractivity contribution >= 4 is 25.8 Å². The van der Waals surface area contributed by atoms with Crippen LogP contribution in [-0.2, 0) is 22.6 Å². The number of aryl methyl sites for hydroxylation is 2. The predicted octanol–water partition coefficient (Wildman–Crippen LogP) is 2.77. The van der Waals surface area contributed by atoms with Gasteiger partial charge in [0.25, 0.3) is 0 Å². The number of hydrogen-bond acceptors (Lipinski definition) is 3. The van der Waals surface area contributed by atoms with Gasteiger partial charge in [0.2, 0.25) is 0 Å². The molecule has 1 aromatic carbocycles. The zero-order chi connectivity index (χ0) is 14.2. The fraction of sp³-hybridized carbons (Fsp3) is 0.308. The molecule has 2 rings (SSSR count). The minimum atomic E-state index is -3.34. The second-order valence-corrected chi connectivity index (χ2v) is 7.39. The van der Waals surface area contributed by atoms with E-state index in [0.717, 1.165) is 21.4 Å². The first-order valence-electron chi connectivity index (χ1n) is 5.78. The van der Waals surface area contributed by atoms with Crippen molar-refractivity contribution < 1.29 is 8.42 Å². The summed E-state index contributed by atoms with van der Waals surface area (Å²) in [4.78, 5) is 0.332. The molecular weight excluding hydrogens is 328 g/mol. The lowest BCUT2D eigenvalue weighted by Gasteiger charge is -2.05. The van der Waals surface area contributed by atoms with Crippen molar-refractivity contribution in [2.75, 3.05) is 0 Å². The second-order valence-electron chi connectivity index (χ2n) is 4.49. The van der Waals surface area contributed by atoms with Crippen molar-refractivity contribution in [2.45, 2.75) is 24.5 Å². The maximum atomic E-state index is 12.4. The van der Waals surface area contributed by atoms with Crippen LogP contribution in [-0.4, -0.2) is 18.2 Å². The van der Waals surface area contributed by atoms with E-state index in [2.05, 4.69) is 21.0 Å². The van der Waals surface area contributed by atoms with E-state index < -0.39 is 9.84 Å². The molecule has 0 atom stereocenters. The first-order chi connectivity index (χ1) is 8.81. The third kappa shape index (κ3) is 2.90. The van der Waals surface area contributed by atoms with E-state index in [4.69, 9.17) is 0 Å². The van der Waals surface area contributed by atoms with E-state index in [1.54, 1.807) is 28.9 Å². The van der Waals surface area contributed by atoms with Crippen LogP contribution in [0.4, 0.5) is 0 Å². The fourth-order valence-corrected chi connectivity index (χ4v) is 3.72. The summed E-state index contributed by atoms with van der Waals surface area (Å²) in [6.45, 7) is 3.71. The predicted molar refractivity (Wildman–Crippen MR) is 77.7 cm³/mol. The molecule has 0 aliphatic heterocycles. The summed E-state index contributed by atoms with van der Waals surface area (Å²) >= 11 is 3.30. The maximum Gasteiger partial charge on any atom is 0.182 e. The van der Waals surface area contributed by atoms with E-state index in [9.17, 15) is 8.42 Å². The van der Waals surface area contributed by atoms with Gasteiger partial charge in [-0.15, -0.1) is 0 Å². The molecule has 0 saturated carbocycles. The Morgan fingerprint density at radius 3 is 2.26 bits per heavy atom. The molecule has 1 heterocycles. The van der Waals surface area contributed by atoms with Crippen LogP contribution in [0.2, 0.25) is 0 Å². The highest BCUT2D eigenvalue weighted by atomic mass is 79.9. The molecule has 0 N–H and O–H groups in total. The van der Waals surface area contributed by atoms with Crippen LogP contribution in [0.1, 0.15) is 17.0 Å². The Balaban J connectivity index is 2.39. The Morgan fingerprint density at radius 1 is 1.21 bits per heavy atom. The van der Waals surface area contributed by atoms with Gasteiger partial charge in [0, 0.05) is 22.8 Å². The number of halogens is 1. The molecule has 4 nitrogen and oxygen atoms in total. The summed E-state index contributed by atoms with van der Waals surface area (Å²) < 4.78 is 27.3. The number of aromatic nitrogens is 2. The van der Waals surface area contributed by atoms with Gasteiger partial charge in [-0.05, 0) is 38.1 Å². The normalized spacial score (nSPS) is 11.8. The highest BCUT2D eigenvalue weighted by Crippen LogP contribution is 2.22. The smallest absolute Gasteiger partial charge is 0.182 e. The van der Waals surface area contributed by atoms with Crippen molar-refractivity contribution in [1.29, 1.82) is 0 Å². The molecule has 0 spiro atoms.